The number of aromatic nitrogens is 1. The number of para-hydroxylation sites is 2. The smallest absolute Gasteiger partial charge is 0.251 e. The van der Waals surface area contributed by atoms with Gasteiger partial charge in [-0.3, -0.25) is 9.59 Å². The van der Waals surface area contributed by atoms with E-state index >= 15 is 0 Å². The standard InChI is InChI=1S/C24H27N3O6S/c1-4-27(5-2)34(30,31)20-14-15-24(29)26(16-20)17-23(28)25-18-10-12-19(13-11-18)33-22-9-7-6-8-21(22)32-3/h6-16H,4-5,17H2,1-3H3,(H,25,28). The van der Waals surface area contributed by atoms with Crippen molar-refractivity contribution in [3.8, 4) is 17.2 Å². The monoisotopic (exact) mass is 485 g/mol. The summed E-state index contributed by atoms with van der Waals surface area (Å²) in [6.07, 6.45) is 1.19. The minimum absolute atomic E-state index is 0.0403. The Hall–Kier alpha value is -3.63. The summed E-state index contributed by atoms with van der Waals surface area (Å²) in [6, 6.07) is 16.3. The van der Waals surface area contributed by atoms with Crippen molar-refractivity contribution < 1.29 is 22.7 Å². The average molecular weight is 486 g/mol. The lowest BCUT2D eigenvalue weighted by molar-refractivity contribution is -0.116. The lowest BCUT2D eigenvalue weighted by Crippen LogP contribution is -2.33. The number of methoxy groups -OCH3 is 1. The third-order valence-corrected chi connectivity index (χ3v) is 7.08. The number of carbonyl (C=O) groups is 1. The van der Waals surface area contributed by atoms with Crippen molar-refractivity contribution in [1.29, 1.82) is 0 Å². The number of anilines is 1. The molecular weight excluding hydrogens is 458 g/mol. The molecule has 0 bridgehead atoms. The molecule has 1 N–H and O–H groups in total. The van der Waals surface area contributed by atoms with Crippen LogP contribution in [0.5, 0.6) is 17.2 Å². The molecule has 0 unspecified atom stereocenters. The second-order valence-corrected chi connectivity index (χ2v) is 9.18. The highest BCUT2D eigenvalue weighted by atomic mass is 32.2. The Balaban J connectivity index is 1.69. The molecule has 0 aliphatic carbocycles. The van der Waals surface area contributed by atoms with E-state index in [0.717, 1.165) is 10.6 Å². The summed E-state index contributed by atoms with van der Waals surface area (Å²) in [6.45, 7) is 3.73. The van der Waals surface area contributed by atoms with Crippen LogP contribution in [0.15, 0.2) is 76.6 Å². The molecule has 9 nitrogen and oxygen atoms in total. The first kappa shape index (κ1) is 25.0. The van der Waals surface area contributed by atoms with Gasteiger partial charge in [0.1, 0.15) is 12.3 Å². The minimum Gasteiger partial charge on any atom is -0.493 e. The second kappa shape index (κ2) is 11.0. The van der Waals surface area contributed by atoms with Crippen LogP contribution in [0, 0.1) is 0 Å². The summed E-state index contributed by atoms with van der Waals surface area (Å²) in [5.74, 6) is 1.22. The minimum atomic E-state index is -3.75. The van der Waals surface area contributed by atoms with Gasteiger partial charge in [-0.05, 0) is 42.5 Å². The fourth-order valence-electron chi connectivity index (χ4n) is 3.29. The third-order valence-electron chi connectivity index (χ3n) is 5.05. The molecule has 0 saturated carbocycles. The van der Waals surface area contributed by atoms with E-state index in [9.17, 15) is 18.0 Å². The van der Waals surface area contributed by atoms with Crippen LogP contribution >= 0.6 is 0 Å². The van der Waals surface area contributed by atoms with E-state index in [-0.39, 0.29) is 11.4 Å². The van der Waals surface area contributed by atoms with E-state index in [0.29, 0.717) is 36.0 Å². The number of nitrogens with zero attached hydrogens (tertiary/aromatic N) is 2. The van der Waals surface area contributed by atoms with Gasteiger partial charge in [-0.1, -0.05) is 26.0 Å². The summed E-state index contributed by atoms with van der Waals surface area (Å²) >= 11 is 0. The predicted molar refractivity (Wildman–Crippen MR) is 129 cm³/mol. The highest BCUT2D eigenvalue weighted by Crippen LogP contribution is 2.31. The molecule has 0 spiro atoms. The molecular formula is C24H27N3O6S. The van der Waals surface area contributed by atoms with Gasteiger partial charge in [-0.25, -0.2) is 8.42 Å². The van der Waals surface area contributed by atoms with E-state index in [2.05, 4.69) is 5.32 Å². The Morgan fingerprint density at radius 3 is 2.24 bits per heavy atom. The van der Waals surface area contributed by atoms with Crippen molar-refractivity contribution in [2.75, 3.05) is 25.5 Å². The van der Waals surface area contributed by atoms with Crippen molar-refractivity contribution in [3.63, 3.8) is 0 Å². The molecule has 10 heteroatoms. The van der Waals surface area contributed by atoms with Crippen molar-refractivity contribution in [3.05, 3.63) is 77.2 Å². The summed E-state index contributed by atoms with van der Waals surface area (Å²) in [7, 11) is -2.20. The lowest BCUT2D eigenvalue weighted by atomic mass is 10.3. The van der Waals surface area contributed by atoms with Crippen molar-refractivity contribution in [2.45, 2.75) is 25.3 Å². The molecule has 0 saturated heterocycles. The number of pyridine rings is 1. The van der Waals surface area contributed by atoms with Crippen LogP contribution in [-0.4, -0.2) is 43.4 Å². The van der Waals surface area contributed by atoms with E-state index < -0.39 is 21.5 Å². The van der Waals surface area contributed by atoms with Crippen molar-refractivity contribution in [2.24, 2.45) is 0 Å². The quantitative estimate of drug-likeness (QED) is 0.472. The molecule has 0 atom stereocenters. The Morgan fingerprint density at radius 1 is 0.971 bits per heavy atom. The van der Waals surface area contributed by atoms with Crippen LogP contribution in [0.25, 0.3) is 0 Å². The van der Waals surface area contributed by atoms with Crippen LogP contribution < -0.4 is 20.3 Å². The molecule has 180 valence electrons. The van der Waals surface area contributed by atoms with Gasteiger partial charge in [0.2, 0.25) is 15.9 Å². The predicted octanol–water partition coefficient (Wildman–Crippen LogP) is 3.32. The summed E-state index contributed by atoms with van der Waals surface area (Å²) < 4.78 is 38.9. The molecule has 3 aromatic rings. The summed E-state index contributed by atoms with van der Waals surface area (Å²) in [5.41, 5.74) is 0.0200. The maximum Gasteiger partial charge on any atom is 0.251 e. The van der Waals surface area contributed by atoms with Crippen LogP contribution in [0.3, 0.4) is 0 Å². The van der Waals surface area contributed by atoms with Gasteiger partial charge in [0.05, 0.1) is 12.0 Å². The zero-order valence-electron chi connectivity index (χ0n) is 19.2. The first-order valence-electron chi connectivity index (χ1n) is 10.7. The van der Waals surface area contributed by atoms with Gasteiger partial charge < -0.3 is 19.4 Å². The van der Waals surface area contributed by atoms with Gasteiger partial charge in [-0.2, -0.15) is 4.31 Å². The number of carbonyl (C=O) groups excluding carboxylic acids is 1. The van der Waals surface area contributed by atoms with E-state index in [1.165, 1.54) is 16.6 Å². The van der Waals surface area contributed by atoms with E-state index in [4.69, 9.17) is 9.47 Å². The number of rotatable bonds is 10. The third kappa shape index (κ3) is 5.83. The second-order valence-electron chi connectivity index (χ2n) is 7.25. The van der Waals surface area contributed by atoms with Gasteiger partial charge >= 0.3 is 0 Å². The van der Waals surface area contributed by atoms with E-state index in [1.807, 2.05) is 12.1 Å². The van der Waals surface area contributed by atoms with Crippen LogP contribution in [-0.2, 0) is 21.4 Å². The lowest BCUT2D eigenvalue weighted by Gasteiger charge is -2.19. The van der Waals surface area contributed by atoms with E-state index in [1.54, 1.807) is 57.4 Å². The molecule has 1 heterocycles. The number of amides is 1. The van der Waals surface area contributed by atoms with Crippen LogP contribution in [0.2, 0.25) is 0 Å². The Kier molecular flexibility index (Phi) is 8.08. The van der Waals surface area contributed by atoms with Crippen molar-refractivity contribution in [1.82, 2.24) is 8.87 Å². The number of benzene rings is 2. The number of ether oxygens (including phenoxy) is 2. The SMILES string of the molecule is CCN(CC)S(=O)(=O)c1ccc(=O)n(CC(=O)Nc2ccc(Oc3ccccc3OC)cc2)c1. The van der Waals surface area contributed by atoms with Gasteiger partial charge in [0, 0.05) is 31.0 Å². The number of hydrogen-bond donors (Lipinski definition) is 1. The topological polar surface area (TPSA) is 107 Å². The Labute approximate surface area is 198 Å². The maximum atomic E-state index is 12.7. The molecule has 0 aliphatic rings. The van der Waals surface area contributed by atoms with Crippen molar-refractivity contribution >= 4 is 21.6 Å². The first-order chi connectivity index (χ1) is 16.3. The van der Waals surface area contributed by atoms with Crippen LogP contribution in [0.1, 0.15) is 13.8 Å². The normalized spacial score (nSPS) is 11.3. The largest absolute Gasteiger partial charge is 0.493 e. The Bertz CT molecular complexity index is 1300. The zero-order chi connectivity index (χ0) is 24.7. The maximum absolute atomic E-state index is 12.7. The van der Waals surface area contributed by atoms with Gasteiger partial charge in [-0.15, -0.1) is 0 Å². The molecule has 3 rings (SSSR count). The molecule has 0 aliphatic heterocycles. The molecule has 0 radical (unpaired) electrons. The summed E-state index contributed by atoms with van der Waals surface area (Å²) in [4.78, 5) is 24.7. The number of nitrogens with one attached hydrogen (secondary N) is 1. The average Bonchev–Trinajstić information content (AvgIpc) is 2.82. The Morgan fingerprint density at radius 2 is 1.62 bits per heavy atom. The number of sulfonamides is 1. The molecule has 0 fully saturated rings. The highest BCUT2D eigenvalue weighted by molar-refractivity contribution is 7.89. The van der Waals surface area contributed by atoms with Gasteiger partial charge in [0.15, 0.2) is 11.5 Å². The zero-order valence-corrected chi connectivity index (χ0v) is 20.0. The fraction of sp³-hybridized carbons (Fsp3) is 0.250. The summed E-state index contributed by atoms with van der Waals surface area (Å²) in [5, 5.41) is 2.70. The van der Waals surface area contributed by atoms with Crippen LogP contribution in [0.4, 0.5) is 5.69 Å². The fourth-order valence-corrected chi connectivity index (χ4v) is 4.77. The molecule has 34 heavy (non-hydrogen) atoms. The number of hydrogen-bond acceptors (Lipinski definition) is 6. The molecule has 1 amide bonds. The first-order valence-corrected chi connectivity index (χ1v) is 12.1. The highest BCUT2D eigenvalue weighted by Gasteiger charge is 2.22. The molecule has 2 aromatic carbocycles. The van der Waals surface area contributed by atoms with Gasteiger partial charge in [0.25, 0.3) is 5.56 Å². The molecule has 1 aromatic heterocycles.